The van der Waals surface area contributed by atoms with Crippen LogP contribution in [0.5, 0.6) is 0 Å². The van der Waals surface area contributed by atoms with E-state index in [1.54, 1.807) is 6.92 Å². The second-order valence-corrected chi connectivity index (χ2v) is 3.25. The van der Waals surface area contributed by atoms with E-state index in [1.807, 2.05) is 13.8 Å². The Morgan fingerprint density at radius 2 is 1.92 bits per heavy atom. The molecule has 0 saturated heterocycles. The standard InChI is InChI=1S/C10H15F.C2H6/c1-7-5-4-6-10(7)8(2)9(3)11;1-2/h9H,2,4-6H2,1,3H3;1-2H3. The number of allylic oxidation sites excluding steroid dienone is 3. The molecule has 1 aliphatic carbocycles. The maximum atomic E-state index is 12.8. The lowest BCUT2D eigenvalue weighted by atomic mass is 10.0. The number of hydrogen-bond acceptors (Lipinski definition) is 0. The Kier molecular flexibility index (Phi) is 5.68. The third-order valence-electron chi connectivity index (χ3n) is 2.36. The SMILES string of the molecule is C=C(C1=C(C)CCC1)C(C)F.CC. The van der Waals surface area contributed by atoms with E-state index in [0.29, 0.717) is 5.57 Å². The molecule has 76 valence electrons. The van der Waals surface area contributed by atoms with Crippen molar-refractivity contribution in [2.24, 2.45) is 0 Å². The Hall–Kier alpha value is -0.590. The van der Waals surface area contributed by atoms with Crippen LogP contribution in [0.2, 0.25) is 0 Å². The molecule has 1 rings (SSSR count). The summed E-state index contributed by atoms with van der Waals surface area (Å²) in [6, 6.07) is 0. The second kappa shape index (κ2) is 5.95. The van der Waals surface area contributed by atoms with Crippen LogP contribution in [0, 0.1) is 0 Å². The van der Waals surface area contributed by atoms with Gasteiger partial charge in [-0.25, -0.2) is 4.39 Å². The zero-order chi connectivity index (χ0) is 10.4. The highest BCUT2D eigenvalue weighted by Crippen LogP contribution is 2.32. The van der Waals surface area contributed by atoms with Crippen molar-refractivity contribution in [3.8, 4) is 0 Å². The van der Waals surface area contributed by atoms with Gasteiger partial charge >= 0.3 is 0 Å². The highest BCUT2D eigenvalue weighted by molar-refractivity contribution is 5.37. The minimum absolute atomic E-state index is 0.694. The van der Waals surface area contributed by atoms with E-state index in [9.17, 15) is 4.39 Å². The van der Waals surface area contributed by atoms with Crippen molar-refractivity contribution in [3.05, 3.63) is 23.3 Å². The highest BCUT2D eigenvalue weighted by Gasteiger charge is 2.16. The van der Waals surface area contributed by atoms with Gasteiger partial charge in [0.15, 0.2) is 0 Å². The molecule has 0 bridgehead atoms. The van der Waals surface area contributed by atoms with Crippen LogP contribution in [-0.4, -0.2) is 6.17 Å². The van der Waals surface area contributed by atoms with Crippen molar-refractivity contribution >= 4 is 0 Å². The summed E-state index contributed by atoms with van der Waals surface area (Å²) in [6.07, 6.45) is 2.45. The van der Waals surface area contributed by atoms with E-state index < -0.39 is 6.17 Å². The Morgan fingerprint density at radius 1 is 1.38 bits per heavy atom. The number of halogens is 1. The third kappa shape index (κ3) is 3.33. The summed E-state index contributed by atoms with van der Waals surface area (Å²) in [4.78, 5) is 0. The van der Waals surface area contributed by atoms with Crippen LogP contribution in [0.4, 0.5) is 4.39 Å². The molecule has 1 unspecified atom stereocenters. The fourth-order valence-corrected chi connectivity index (χ4v) is 1.57. The topological polar surface area (TPSA) is 0 Å². The molecule has 0 heterocycles. The lowest BCUT2D eigenvalue weighted by Crippen LogP contribution is -1.99. The smallest absolute Gasteiger partial charge is 0.122 e. The molecule has 0 aliphatic heterocycles. The molecule has 0 aromatic heterocycles. The van der Waals surface area contributed by atoms with Crippen LogP contribution in [0.3, 0.4) is 0 Å². The van der Waals surface area contributed by atoms with Gasteiger partial charge in [-0.3, -0.25) is 0 Å². The highest BCUT2D eigenvalue weighted by atomic mass is 19.1. The first-order valence-corrected chi connectivity index (χ1v) is 5.14. The number of rotatable bonds is 2. The quantitative estimate of drug-likeness (QED) is 0.595. The lowest BCUT2D eigenvalue weighted by molar-refractivity contribution is 0.414. The maximum Gasteiger partial charge on any atom is 0.122 e. The van der Waals surface area contributed by atoms with Gasteiger partial charge in [0, 0.05) is 0 Å². The van der Waals surface area contributed by atoms with Crippen molar-refractivity contribution < 1.29 is 4.39 Å². The van der Waals surface area contributed by atoms with Crippen LogP contribution in [0.15, 0.2) is 23.3 Å². The van der Waals surface area contributed by atoms with E-state index in [4.69, 9.17) is 0 Å². The van der Waals surface area contributed by atoms with E-state index in [-0.39, 0.29) is 0 Å². The van der Waals surface area contributed by atoms with Crippen LogP contribution in [0.25, 0.3) is 0 Å². The van der Waals surface area contributed by atoms with Crippen molar-refractivity contribution in [1.82, 2.24) is 0 Å². The zero-order valence-corrected chi connectivity index (χ0v) is 9.28. The average molecular weight is 184 g/mol. The Bertz CT molecular complexity index is 199. The van der Waals surface area contributed by atoms with Gasteiger partial charge in [0.1, 0.15) is 6.17 Å². The van der Waals surface area contributed by atoms with Crippen molar-refractivity contribution in [3.63, 3.8) is 0 Å². The van der Waals surface area contributed by atoms with Crippen molar-refractivity contribution in [2.45, 2.75) is 53.1 Å². The summed E-state index contributed by atoms with van der Waals surface area (Å²) in [5, 5.41) is 0. The van der Waals surface area contributed by atoms with E-state index >= 15 is 0 Å². The first-order valence-electron chi connectivity index (χ1n) is 5.14. The molecule has 0 spiro atoms. The van der Waals surface area contributed by atoms with Gasteiger partial charge in [0.2, 0.25) is 0 Å². The van der Waals surface area contributed by atoms with Gasteiger partial charge in [0.05, 0.1) is 0 Å². The molecular formula is C12H21F. The Labute approximate surface area is 81.5 Å². The van der Waals surface area contributed by atoms with Crippen LogP contribution >= 0.6 is 0 Å². The summed E-state index contributed by atoms with van der Waals surface area (Å²) in [6.45, 7) is 11.4. The van der Waals surface area contributed by atoms with Gasteiger partial charge in [-0.2, -0.15) is 0 Å². The van der Waals surface area contributed by atoms with Crippen LogP contribution < -0.4 is 0 Å². The molecule has 0 fully saturated rings. The lowest BCUT2D eigenvalue weighted by Gasteiger charge is -2.08. The Balaban J connectivity index is 0.000000671. The van der Waals surface area contributed by atoms with Gasteiger partial charge in [-0.1, -0.05) is 26.0 Å². The van der Waals surface area contributed by atoms with E-state index in [1.165, 1.54) is 17.6 Å². The molecule has 0 saturated carbocycles. The van der Waals surface area contributed by atoms with Crippen molar-refractivity contribution in [2.75, 3.05) is 0 Å². The predicted molar refractivity (Wildman–Crippen MR) is 57.6 cm³/mol. The summed E-state index contributed by atoms with van der Waals surface area (Å²) < 4.78 is 12.8. The summed E-state index contributed by atoms with van der Waals surface area (Å²) in [5.41, 5.74) is 3.21. The maximum absolute atomic E-state index is 12.8. The van der Waals surface area contributed by atoms with Crippen LogP contribution in [-0.2, 0) is 0 Å². The summed E-state index contributed by atoms with van der Waals surface area (Å²) >= 11 is 0. The van der Waals surface area contributed by atoms with E-state index in [2.05, 4.69) is 13.5 Å². The normalized spacial score (nSPS) is 17.9. The van der Waals surface area contributed by atoms with Crippen LogP contribution in [0.1, 0.15) is 47.0 Å². The molecular weight excluding hydrogens is 163 g/mol. The van der Waals surface area contributed by atoms with Gasteiger partial charge in [-0.15, -0.1) is 0 Å². The summed E-state index contributed by atoms with van der Waals surface area (Å²) in [5.74, 6) is 0. The molecule has 1 aliphatic rings. The first-order chi connectivity index (χ1) is 6.13. The molecule has 0 aromatic rings. The molecule has 1 heteroatoms. The molecule has 0 N–H and O–H groups in total. The molecule has 0 amide bonds. The summed E-state index contributed by atoms with van der Waals surface area (Å²) in [7, 11) is 0. The number of alkyl halides is 1. The molecule has 0 aromatic carbocycles. The second-order valence-electron chi connectivity index (χ2n) is 3.25. The zero-order valence-electron chi connectivity index (χ0n) is 9.28. The minimum Gasteiger partial charge on any atom is -0.243 e. The minimum atomic E-state index is -0.877. The Morgan fingerprint density at radius 3 is 2.23 bits per heavy atom. The predicted octanol–water partition coefficient (Wildman–Crippen LogP) is 4.43. The number of hydrogen-bond donors (Lipinski definition) is 0. The first kappa shape index (κ1) is 12.4. The van der Waals surface area contributed by atoms with Crippen molar-refractivity contribution in [1.29, 1.82) is 0 Å². The largest absolute Gasteiger partial charge is 0.243 e. The fraction of sp³-hybridized carbons (Fsp3) is 0.667. The molecule has 13 heavy (non-hydrogen) atoms. The third-order valence-corrected chi connectivity index (χ3v) is 2.36. The molecule has 1 atom stereocenters. The average Bonchev–Trinajstić information content (AvgIpc) is 2.53. The fourth-order valence-electron chi connectivity index (χ4n) is 1.57. The molecule has 0 nitrogen and oxygen atoms in total. The van der Waals surface area contributed by atoms with Gasteiger partial charge in [-0.05, 0) is 44.3 Å². The monoisotopic (exact) mass is 184 g/mol. The van der Waals surface area contributed by atoms with Gasteiger partial charge < -0.3 is 0 Å². The van der Waals surface area contributed by atoms with E-state index in [0.717, 1.165) is 12.8 Å². The van der Waals surface area contributed by atoms with Gasteiger partial charge in [0.25, 0.3) is 0 Å². The molecule has 0 radical (unpaired) electrons.